The molecule has 0 saturated carbocycles. The molecule has 0 bridgehead atoms. The second-order valence-electron chi connectivity index (χ2n) is 5.98. The molecule has 0 fully saturated rings. The maximum Gasteiger partial charge on any atom is 0.306 e. The molecule has 6 nitrogen and oxygen atoms in total. The normalized spacial score (nSPS) is 10.4. The van der Waals surface area contributed by atoms with Crippen LogP contribution in [-0.2, 0) is 22.6 Å². The molecule has 0 saturated heterocycles. The number of esters is 1. The largest absolute Gasteiger partial charge is 0.493 e. The first-order chi connectivity index (χ1) is 13.2. The Morgan fingerprint density at radius 2 is 1.96 bits per heavy atom. The third-order valence-electron chi connectivity index (χ3n) is 4.33. The van der Waals surface area contributed by atoms with Crippen LogP contribution in [0.15, 0.2) is 48.8 Å². The SMILES string of the molecule is COc1ccc(CCC(=O)OCc2cn3ccccc3c2C#N)cc1OC. The van der Waals surface area contributed by atoms with E-state index in [1.807, 2.05) is 53.2 Å². The number of aromatic nitrogens is 1. The fourth-order valence-corrected chi connectivity index (χ4v) is 2.93. The Morgan fingerprint density at radius 1 is 1.15 bits per heavy atom. The molecule has 2 aromatic heterocycles. The van der Waals surface area contributed by atoms with E-state index in [9.17, 15) is 10.1 Å². The van der Waals surface area contributed by atoms with Crippen LogP contribution in [-0.4, -0.2) is 24.6 Å². The van der Waals surface area contributed by atoms with Crippen molar-refractivity contribution < 1.29 is 19.0 Å². The predicted molar refractivity (Wildman–Crippen MR) is 99.8 cm³/mol. The summed E-state index contributed by atoms with van der Waals surface area (Å²) in [6.45, 7) is 0.0787. The number of pyridine rings is 1. The van der Waals surface area contributed by atoms with Crippen molar-refractivity contribution in [3.8, 4) is 17.6 Å². The standard InChI is InChI=1S/C21H20N2O4/c1-25-19-8-6-15(11-20(19)26-2)7-9-21(24)27-14-16-13-23-10-4-3-5-18(23)17(16)12-22/h3-6,8,10-11,13H,7,9,14H2,1-2H3. The van der Waals surface area contributed by atoms with Crippen LogP contribution >= 0.6 is 0 Å². The van der Waals surface area contributed by atoms with Gasteiger partial charge >= 0.3 is 5.97 Å². The summed E-state index contributed by atoms with van der Waals surface area (Å²) in [4.78, 5) is 12.1. The minimum atomic E-state index is -0.316. The first-order valence-electron chi connectivity index (χ1n) is 8.51. The van der Waals surface area contributed by atoms with E-state index in [-0.39, 0.29) is 19.0 Å². The van der Waals surface area contributed by atoms with Gasteiger partial charge in [-0.05, 0) is 36.2 Å². The minimum Gasteiger partial charge on any atom is -0.493 e. The van der Waals surface area contributed by atoms with Gasteiger partial charge in [-0.2, -0.15) is 5.26 Å². The number of fused-ring (bicyclic) bond motifs is 1. The molecule has 0 aliphatic rings. The van der Waals surface area contributed by atoms with E-state index in [0.29, 0.717) is 29.0 Å². The first kappa shape index (κ1) is 18.3. The molecule has 0 atom stereocenters. The average Bonchev–Trinajstić information content (AvgIpc) is 3.07. The zero-order valence-electron chi connectivity index (χ0n) is 15.3. The topological polar surface area (TPSA) is 73.0 Å². The number of carbonyl (C=O) groups excluding carboxylic acids is 1. The van der Waals surface area contributed by atoms with E-state index in [4.69, 9.17) is 14.2 Å². The van der Waals surface area contributed by atoms with E-state index in [1.54, 1.807) is 14.2 Å². The molecule has 6 heteroatoms. The number of hydrogen-bond acceptors (Lipinski definition) is 5. The minimum absolute atomic E-state index is 0.0787. The number of ether oxygens (including phenoxy) is 3. The summed E-state index contributed by atoms with van der Waals surface area (Å²) >= 11 is 0. The third-order valence-corrected chi connectivity index (χ3v) is 4.33. The molecule has 3 aromatic rings. The van der Waals surface area contributed by atoms with Crippen LogP contribution in [0.25, 0.3) is 5.52 Å². The van der Waals surface area contributed by atoms with Gasteiger partial charge in [0.2, 0.25) is 0 Å². The van der Waals surface area contributed by atoms with Gasteiger partial charge in [0, 0.05) is 24.4 Å². The van der Waals surface area contributed by atoms with Crippen LogP contribution in [0.3, 0.4) is 0 Å². The molecule has 138 valence electrons. The summed E-state index contributed by atoms with van der Waals surface area (Å²) in [5.74, 6) is 0.958. The lowest BCUT2D eigenvalue weighted by Crippen LogP contribution is -2.06. The van der Waals surface area contributed by atoms with Crippen LogP contribution in [0.4, 0.5) is 0 Å². The quantitative estimate of drug-likeness (QED) is 0.600. The third kappa shape index (κ3) is 4.04. The summed E-state index contributed by atoms with van der Waals surface area (Å²) < 4.78 is 17.7. The molecule has 0 unspecified atom stereocenters. The summed E-state index contributed by atoms with van der Waals surface area (Å²) in [7, 11) is 3.15. The maximum atomic E-state index is 12.1. The highest BCUT2D eigenvalue weighted by atomic mass is 16.5. The number of rotatable bonds is 7. The second-order valence-corrected chi connectivity index (χ2v) is 5.98. The predicted octanol–water partition coefficient (Wildman–Crippen LogP) is 3.50. The molecule has 0 aliphatic heterocycles. The number of methoxy groups -OCH3 is 2. The fourth-order valence-electron chi connectivity index (χ4n) is 2.93. The van der Waals surface area contributed by atoms with E-state index in [1.165, 1.54) is 0 Å². The van der Waals surface area contributed by atoms with Gasteiger partial charge in [0.05, 0.1) is 25.3 Å². The molecule has 0 amide bonds. The van der Waals surface area contributed by atoms with Crippen molar-refractivity contribution in [2.24, 2.45) is 0 Å². The van der Waals surface area contributed by atoms with Gasteiger partial charge in [0.1, 0.15) is 12.7 Å². The van der Waals surface area contributed by atoms with Gasteiger partial charge in [-0.25, -0.2) is 0 Å². The lowest BCUT2D eigenvalue weighted by atomic mass is 10.1. The Balaban J connectivity index is 1.60. The second kappa shape index (κ2) is 8.28. The van der Waals surface area contributed by atoms with Gasteiger partial charge in [0.15, 0.2) is 11.5 Å². The Kier molecular flexibility index (Phi) is 5.62. The van der Waals surface area contributed by atoms with Crippen molar-refractivity contribution in [2.45, 2.75) is 19.4 Å². The Morgan fingerprint density at radius 3 is 2.70 bits per heavy atom. The number of nitriles is 1. The van der Waals surface area contributed by atoms with Gasteiger partial charge < -0.3 is 18.6 Å². The Bertz CT molecular complexity index is 1000. The summed E-state index contributed by atoms with van der Waals surface area (Å²) in [6.07, 6.45) is 4.45. The molecule has 0 aliphatic carbocycles. The first-order valence-corrected chi connectivity index (χ1v) is 8.51. The van der Waals surface area contributed by atoms with Gasteiger partial charge in [-0.15, -0.1) is 0 Å². The highest BCUT2D eigenvalue weighted by molar-refractivity contribution is 5.70. The molecular weight excluding hydrogens is 344 g/mol. The number of aryl methyl sites for hydroxylation is 1. The van der Waals surface area contributed by atoms with E-state index in [0.717, 1.165) is 11.1 Å². The molecular formula is C21H20N2O4. The molecule has 1 aromatic carbocycles. The number of carbonyl (C=O) groups is 1. The van der Waals surface area contributed by atoms with Crippen molar-refractivity contribution in [3.05, 3.63) is 65.5 Å². The van der Waals surface area contributed by atoms with E-state index in [2.05, 4.69) is 6.07 Å². The lowest BCUT2D eigenvalue weighted by Gasteiger charge is -2.09. The van der Waals surface area contributed by atoms with Crippen LogP contribution in [0, 0.1) is 11.3 Å². The molecule has 3 rings (SSSR count). The zero-order chi connectivity index (χ0) is 19.2. The molecule has 2 heterocycles. The Hall–Kier alpha value is -3.46. The number of hydrogen-bond donors (Lipinski definition) is 0. The lowest BCUT2D eigenvalue weighted by molar-refractivity contribution is -0.144. The van der Waals surface area contributed by atoms with Crippen LogP contribution in [0.5, 0.6) is 11.5 Å². The van der Waals surface area contributed by atoms with Crippen molar-refractivity contribution in [2.75, 3.05) is 14.2 Å². The van der Waals surface area contributed by atoms with Crippen LogP contribution in [0.1, 0.15) is 23.1 Å². The van der Waals surface area contributed by atoms with Crippen LogP contribution in [0.2, 0.25) is 0 Å². The van der Waals surface area contributed by atoms with Crippen molar-refractivity contribution >= 4 is 11.5 Å². The van der Waals surface area contributed by atoms with Crippen molar-refractivity contribution in [1.29, 1.82) is 5.26 Å². The summed E-state index contributed by atoms with van der Waals surface area (Å²) in [6, 6.07) is 13.4. The number of benzene rings is 1. The maximum absolute atomic E-state index is 12.1. The highest BCUT2D eigenvalue weighted by Gasteiger charge is 2.13. The van der Waals surface area contributed by atoms with Crippen molar-refractivity contribution in [3.63, 3.8) is 0 Å². The molecule has 0 radical (unpaired) electrons. The van der Waals surface area contributed by atoms with Gasteiger partial charge in [0.25, 0.3) is 0 Å². The summed E-state index contributed by atoms with van der Waals surface area (Å²) in [5, 5.41) is 9.39. The highest BCUT2D eigenvalue weighted by Crippen LogP contribution is 2.28. The number of nitrogens with zero attached hydrogens (tertiary/aromatic N) is 2. The monoisotopic (exact) mass is 364 g/mol. The molecule has 0 spiro atoms. The molecule has 27 heavy (non-hydrogen) atoms. The average molecular weight is 364 g/mol. The van der Waals surface area contributed by atoms with Crippen LogP contribution < -0.4 is 9.47 Å². The van der Waals surface area contributed by atoms with Crippen molar-refractivity contribution in [1.82, 2.24) is 4.40 Å². The molecule has 0 N–H and O–H groups in total. The fraction of sp³-hybridized carbons (Fsp3) is 0.238. The zero-order valence-corrected chi connectivity index (χ0v) is 15.3. The Labute approximate surface area is 157 Å². The smallest absolute Gasteiger partial charge is 0.306 e. The van der Waals surface area contributed by atoms with E-state index >= 15 is 0 Å². The van der Waals surface area contributed by atoms with E-state index < -0.39 is 0 Å². The van der Waals surface area contributed by atoms with Gasteiger partial charge in [-0.1, -0.05) is 12.1 Å². The van der Waals surface area contributed by atoms with Gasteiger partial charge in [-0.3, -0.25) is 4.79 Å². The summed E-state index contributed by atoms with van der Waals surface area (Å²) in [5.41, 5.74) is 2.99.